The smallest absolute Gasteiger partial charge is 0.288 e. The monoisotopic (exact) mass is 243 g/mol. The summed E-state index contributed by atoms with van der Waals surface area (Å²) in [5.41, 5.74) is 0.735. The molecular weight excluding hydrogens is 232 g/mol. The zero-order valence-electron chi connectivity index (χ0n) is 8.53. The number of hydrogen-bond acceptors (Lipinski definition) is 3. The number of anilines is 1. The number of hydrogen-bond donors (Lipinski definition) is 0. The lowest BCUT2D eigenvalue weighted by Crippen LogP contribution is -2.20. The summed E-state index contributed by atoms with van der Waals surface area (Å²) >= 11 is 0.527. The van der Waals surface area contributed by atoms with E-state index >= 15 is 0 Å². The summed E-state index contributed by atoms with van der Waals surface area (Å²) < 4.78 is 24.7. The summed E-state index contributed by atoms with van der Waals surface area (Å²) in [6.45, 7) is 0.959. The normalized spacial score (nSPS) is 16.2. The molecule has 16 heavy (non-hydrogen) atoms. The molecule has 0 bridgehead atoms. The Morgan fingerprint density at radius 3 is 2.69 bits per heavy atom. The fourth-order valence-electron chi connectivity index (χ4n) is 1.75. The predicted molar refractivity (Wildman–Crippen MR) is 60.1 cm³/mol. The van der Waals surface area contributed by atoms with Gasteiger partial charge in [-0.1, -0.05) is 23.9 Å². The van der Waals surface area contributed by atoms with Crippen LogP contribution in [0.4, 0.5) is 14.5 Å². The highest BCUT2D eigenvalue weighted by Crippen LogP contribution is 2.34. The molecule has 0 aliphatic carbocycles. The van der Waals surface area contributed by atoms with Gasteiger partial charge >= 0.3 is 0 Å². The molecule has 1 heterocycles. The van der Waals surface area contributed by atoms with Crippen LogP contribution in [0.5, 0.6) is 0 Å². The number of halogens is 2. The molecule has 2 nitrogen and oxygen atoms in total. The van der Waals surface area contributed by atoms with E-state index in [4.69, 9.17) is 0 Å². The molecule has 0 unspecified atom stereocenters. The number of carbonyl (C=O) groups is 1. The summed E-state index contributed by atoms with van der Waals surface area (Å²) in [6, 6.07) is 6.97. The van der Waals surface area contributed by atoms with Crippen LogP contribution < -0.4 is 4.90 Å². The maximum absolute atomic E-state index is 12.3. The fourth-order valence-corrected chi connectivity index (χ4v) is 2.42. The predicted octanol–water partition coefficient (Wildman–Crippen LogP) is 2.78. The molecule has 0 amide bonds. The Kier molecular flexibility index (Phi) is 3.43. The molecule has 0 saturated carbocycles. The van der Waals surface area contributed by atoms with Crippen LogP contribution in [0.3, 0.4) is 0 Å². The average Bonchev–Trinajstić information content (AvgIpc) is 2.65. The average molecular weight is 243 g/mol. The van der Waals surface area contributed by atoms with Gasteiger partial charge < -0.3 is 4.90 Å². The molecule has 1 fully saturated rings. The van der Waals surface area contributed by atoms with Crippen molar-refractivity contribution in [1.29, 1.82) is 0 Å². The van der Waals surface area contributed by atoms with Crippen molar-refractivity contribution >= 4 is 23.2 Å². The lowest BCUT2D eigenvalue weighted by molar-refractivity contribution is -0.116. The van der Waals surface area contributed by atoms with E-state index in [0.717, 1.165) is 5.69 Å². The van der Waals surface area contributed by atoms with Gasteiger partial charge in [-0.25, -0.2) is 0 Å². The number of carbonyl (C=O) groups excluding carboxylic acids is 1. The van der Waals surface area contributed by atoms with Gasteiger partial charge in [-0.05, 0) is 12.1 Å². The molecule has 1 aromatic rings. The molecule has 0 N–H and O–H groups in total. The van der Waals surface area contributed by atoms with Gasteiger partial charge in [0.15, 0.2) is 5.78 Å². The van der Waals surface area contributed by atoms with Gasteiger partial charge in [-0.15, -0.1) is 0 Å². The summed E-state index contributed by atoms with van der Waals surface area (Å²) in [4.78, 5) is 13.6. The quantitative estimate of drug-likeness (QED) is 0.761. The zero-order valence-corrected chi connectivity index (χ0v) is 9.34. The van der Waals surface area contributed by atoms with E-state index in [1.165, 1.54) is 0 Å². The molecular formula is C11H11F2NOS. The van der Waals surface area contributed by atoms with Crippen molar-refractivity contribution in [3.05, 3.63) is 24.3 Å². The van der Waals surface area contributed by atoms with Crippen LogP contribution in [0, 0.1) is 0 Å². The molecule has 86 valence electrons. The van der Waals surface area contributed by atoms with Crippen LogP contribution in [0.1, 0.15) is 6.42 Å². The van der Waals surface area contributed by atoms with Crippen LogP contribution in [0.2, 0.25) is 0 Å². The number of alkyl halides is 2. The Hall–Kier alpha value is -1.10. The van der Waals surface area contributed by atoms with Gasteiger partial charge in [0.25, 0.3) is 5.76 Å². The first kappa shape index (κ1) is 11.4. The van der Waals surface area contributed by atoms with Crippen LogP contribution in [-0.2, 0) is 4.79 Å². The van der Waals surface area contributed by atoms with Crippen LogP contribution in [-0.4, -0.2) is 24.6 Å². The highest BCUT2D eigenvalue weighted by molar-refractivity contribution is 7.99. The third-order valence-electron chi connectivity index (χ3n) is 2.45. The number of thioether (sulfide) groups is 1. The van der Waals surface area contributed by atoms with E-state index in [0.29, 0.717) is 36.2 Å². The van der Waals surface area contributed by atoms with Gasteiger partial charge in [-0.2, -0.15) is 8.78 Å². The fraction of sp³-hybridized carbons (Fsp3) is 0.364. The topological polar surface area (TPSA) is 20.3 Å². The van der Waals surface area contributed by atoms with Crippen molar-refractivity contribution in [2.24, 2.45) is 0 Å². The first-order valence-corrected chi connectivity index (χ1v) is 5.85. The molecule has 0 radical (unpaired) electrons. The van der Waals surface area contributed by atoms with Crippen LogP contribution >= 0.6 is 11.8 Å². The van der Waals surface area contributed by atoms with Crippen molar-refractivity contribution in [1.82, 2.24) is 0 Å². The van der Waals surface area contributed by atoms with E-state index in [-0.39, 0.29) is 5.78 Å². The molecule has 1 aromatic carbocycles. The number of nitrogens with zero attached hydrogens (tertiary/aromatic N) is 1. The largest absolute Gasteiger partial charge is 0.363 e. The molecule has 1 saturated heterocycles. The van der Waals surface area contributed by atoms with Crippen LogP contribution in [0.25, 0.3) is 0 Å². The van der Waals surface area contributed by atoms with Crippen molar-refractivity contribution in [3.63, 3.8) is 0 Å². The Bertz CT molecular complexity index is 397. The zero-order chi connectivity index (χ0) is 11.5. The minimum absolute atomic E-state index is 0.164. The van der Waals surface area contributed by atoms with Gasteiger partial charge in [0.05, 0.1) is 12.2 Å². The summed E-state index contributed by atoms with van der Waals surface area (Å²) in [5.74, 6) is -2.27. The minimum atomic E-state index is -2.43. The van der Waals surface area contributed by atoms with Crippen molar-refractivity contribution in [3.8, 4) is 0 Å². The van der Waals surface area contributed by atoms with E-state index < -0.39 is 5.76 Å². The molecule has 5 heteroatoms. The molecule has 0 atom stereocenters. The summed E-state index contributed by atoms with van der Waals surface area (Å²) in [5, 5.41) is 0. The van der Waals surface area contributed by atoms with Gasteiger partial charge in [-0.3, -0.25) is 4.79 Å². The molecule has 1 aliphatic rings. The van der Waals surface area contributed by atoms with Crippen LogP contribution in [0.15, 0.2) is 29.2 Å². The van der Waals surface area contributed by atoms with E-state index in [1.807, 2.05) is 4.90 Å². The number of para-hydroxylation sites is 1. The summed E-state index contributed by atoms with van der Waals surface area (Å²) in [7, 11) is 0. The maximum atomic E-state index is 12.3. The van der Waals surface area contributed by atoms with E-state index in [9.17, 15) is 13.6 Å². The van der Waals surface area contributed by atoms with Gasteiger partial charge in [0.1, 0.15) is 0 Å². The second-order valence-electron chi connectivity index (χ2n) is 3.56. The Balaban J connectivity index is 2.22. The molecule has 2 rings (SSSR count). The molecule has 0 aromatic heterocycles. The second kappa shape index (κ2) is 4.82. The van der Waals surface area contributed by atoms with Crippen molar-refractivity contribution in [2.45, 2.75) is 17.1 Å². The maximum Gasteiger partial charge on any atom is 0.288 e. The standard InChI is InChI=1S/C11H11F2NOS/c12-11(13)16-10-4-2-1-3-9(10)14-6-5-8(15)7-14/h1-4,11H,5-7H2. The minimum Gasteiger partial charge on any atom is -0.363 e. The number of benzene rings is 1. The Labute approximate surface area is 96.6 Å². The third-order valence-corrected chi connectivity index (χ3v) is 3.23. The van der Waals surface area contributed by atoms with Crippen molar-refractivity contribution < 1.29 is 13.6 Å². The number of rotatable bonds is 3. The number of ketones is 1. The highest BCUT2D eigenvalue weighted by Gasteiger charge is 2.22. The van der Waals surface area contributed by atoms with E-state index in [2.05, 4.69) is 0 Å². The first-order chi connectivity index (χ1) is 7.66. The van der Waals surface area contributed by atoms with E-state index in [1.54, 1.807) is 24.3 Å². The lowest BCUT2D eigenvalue weighted by Gasteiger charge is -2.19. The Morgan fingerprint density at radius 2 is 2.06 bits per heavy atom. The Morgan fingerprint density at radius 1 is 1.31 bits per heavy atom. The molecule has 1 aliphatic heterocycles. The SMILES string of the molecule is O=C1CCN(c2ccccc2SC(F)F)C1. The second-order valence-corrected chi connectivity index (χ2v) is 4.59. The van der Waals surface area contributed by atoms with Crippen molar-refractivity contribution in [2.75, 3.05) is 18.0 Å². The first-order valence-electron chi connectivity index (χ1n) is 4.97. The molecule has 0 spiro atoms. The summed E-state index contributed by atoms with van der Waals surface area (Å²) in [6.07, 6.45) is 0.508. The third kappa shape index (κ3) is 2.52. The highest BCUT2D eigenvalue weighted by atomic mass is 32.2. The van der Waals surface area contributed by atoms with Gasteiger partial charge in [0.2, 0.25) is 0 Å². The van der Waals surface area contributed by atoms with Gasteiger partial charge in [0, 0.05) is 17.9 Å². The lowest BCUT2D eigenvalue weighted by atomic mass is 10.3. The number of Topliss-reactive ketones (excluding diaryl/α,β-unsaturated/α-hetero) is 1.